The summed E-state index contributed by atoms with van der Waals surface area (Å²) in [5.74, 6) is -0.650. The smallest absolute Gasteiger partial charge is 0.185 e. The average molecular weight is 204 g/mol. The highest BCUT2D eigenvalue weighted by Crippen LogP contribution is 2.34. The zero-order valence-corrected chi connectivity index (χ0v) is 8.60. The maximum atomic E-state index is 9.82. The molecule has 4 atom stereocenters. The van der Waals surface area contributed by atoms with Crippen LogP contribution in [0.1, 0.15) is 13.8 Å². The van der Waals surface area contributed by atoms with Gasteiger partial charge >= 0.3 is 0 Å². The summed E-state index contributed by atoms with van der Waals surface area (Å²) in [6, 6.07) is 0. The van der Waals surface area contributed by atoms with Gasteiger partial charge in [0.25, 0.3) is 0 Å². The molecule has 0 radical (unpaired) electrons. The monoisotopic (exact) mass is 204 g/mol. The normalized spacial score (nSPS) is 46.3. The molecule has 2 saturated heterocycles. The zero-order valence-electron chi connectivity index (χ0n) is 8.60. The first kappa shape index (κ1) is 10.3. The van der Waals surface area contributed by atoms with E-state index in [4.69, 9.17) is 18.9 Å². The highest BCUT2D eigenvalue weighted by Gasteiger charge is 2.50. The molecule has 0 aromatic heterocycles. The third-order valence-corrected chi connectivity index (χ3v) is 2.49. The van der Waals surface area contributed by atoms with Gasteiger partial charge in [-0.15, -0.1) is 0 Å². The quantitative estimate of drug-likeness (QED) is 0.644. The van der Waals surface area contributed by atoms with E-state index in [1.54, 1.807) is 0 Å². The van der Waals surface area contributed by atoms with Gasteiger partial charge in [-0.05, 0) is 13.8 Å². The lowest BCUT2D eigenvalue weighted by Crippen LogP contribution is -2.52. The standard InChI is InChI=1S/C9H16O5/c1-9(2)13-5-4-12-8(11-3)6(10)7(5)14-9/h5-8,10H,4H2,1-3H3/t5-,6+,7-,8-/m0/s1. The van der Waals surface area contributed by atoms with Crippen LogP contribution in [0.2, 0.25) is 0 Å². The molecule has 5 heteroatoms. The predicted molar refractivity (Wildman–Crippen MR) is 46.6 cm³/mol. The molecule has 0 aromatic carbocycles. The molecule has 0 unspecified atom stereocenters. The van der Waals surface area contributed by atoms with Gasteiger partial charge in [0.05, 0.1) is 6.61 Å². The fraction of sp³-hybridized carbons (Fsp3) is 1.00. The van der Waals surface area contributed by atoms with Crippen LogP contribution in [0.3, 0.4) is 0 Å². The zero-order chi connectivity index (χ0) is 10.3. The Hall–Kier alpha value is -0.200. The Bertz CT molecular complexity index is 217. The Labute approximate surface area is 82.9 Å². The molecule has 5 nitrogen and oxygen atoms in total. The van der Waals surface area contributed by atoms with Crippen LogP contribution < -0.4 is 0 Å². The molecular formula is C9H16O5. The van der Waals surface area contributed by atoms with Crippen LogP contribution in [0, 0.1) is 0 Å². The second-order valence-corrected chi connectivity index (χ2v) is 4.07. The molecule has 0 amide bonds. The minimum atomic E-state index is -0.791. The van der Waals surface area contributed by atoms with Crippen LogP contribution in [0.4, 0.5) is 0 Å². The second kappa shape index (κ2) is 3.43. The number of hydrogen-bond donors (Lipinski definition) is 1. The molecule has 2 heterocycles. The Morgan fingerprint density at radius 2 is 2.07 bits per heavy atom. The van der Waals surface area contributed by atoms with Crippen LogP contribution in [0.15, 0.2) is 0 Å². The molecule has 0 bridgehead atoms. The molecular weight excluding hydrogens is 188 g/mol. The van der Waals surface area contributed by atoms with E-state index in [2.05, 4.69) is 0 Å². The van der Waals surface area contributed by atoms with Gasteiger partial charge in [-0.25, -0.2) is 0 Å². The van der Waals surface area contributed by atoms with Crippen molar-refractivity contribution in [1.82, 2.24) is 0 Å². The summed E-state index contributed by atoms with van der Waals surface area (Å²) in [5, 5.41) is 9.82. The number of hydrogen-bond acceptors (Lipinski definition) is 5. The SMILES string of the molecule is CO[C@H]1OC[C@@H]2OC(C)(C)O[C@@H]2[C@H]1O. The van der Waals surface area contributed by atoms with Crippen LogP contribution in [0.5, 0.6) is 0 Å². The van der Waals surface area contributed by atoms with E-state index in [9.17, 15) is 5.11 Å². The number of fused-ring (bicyclic) bond motifs is 1. The van der Waals surface area contributed by atoms with Gasteiger partial charge in [0.15, 0.2) is 12.1 Å². The van der Waals surface area contributed by atoms with Gasteiger partial charge in [0, 0.05) is 7.11 Å². The Kier molecular flexibility index (Phi) is 2.53. The lowest BCUT2D eigenvalue weighted by Gasteiger charge is -2.33. The van der Waals surface area contributed by atoms with Crippen LogP contribution >= 0.6 is 0 Å². The summed E-state index contributed by atoms with van der Waals surface area (Å²) in [5.41, 5.74) is 0. The molecule has 0 aromatic rings. The molecule has 0 spiro atoms. The van der Waals surface area contributed by atoms with Crippen molar-refractivity contribution in [3.05, 3.63) is 0 Å². The summed E-state index contributed by atoms with van der Waals surface area (Å²) < 4.78 is 21.4. The fourth-order valence-electron chi connectivity index (χ4n) is 1.93. The predicted octanol–water partition coefficient (Wildman–Crippen LogP) is -0.130. The van der Waals surface area contributed by atoms with Crippen molar-refractivity contribution in [3.63, 3.8) is 0 Å². The van der Waals surface area contributed by atoms with Crippen LogP contribution in [0.25, 0.3) is 0 Å². The van der Waals surface area contributed by atoms with Gasteiger partial charge in [-0.1, -0.05) is 0 Å². The summed E-state index contributed by atoms with van der Waals surface area (Å²) in [7, 11) is 1.50. The fourth-order valence-corrected chi connectivity index (χ4v) is 1.93. The Balaban J connectivity index is 2.08. The minimum Gasteiger partial charge on any atom is -0.385 e. The van der Waals surface area contributed by atoms with Crippen molar-refractivity contribution in [2.45, 2.75) is 44.2 Å². The first-order valence-electron chi connectivity index (χ1n) is 4.71. The van der Waals surface area contributed by atoms with E-state index in [-0.39, 0.29) is 12.2 Å². The number of methoxy groups -OCH3 is 1. The largest absolute Gasteiger partial charge is 0.385 e. The highest BCUT2D eigenvalue weighted by molar-refractivity contribution is 4.91. The van der Waals surface area contributed by atoms with Crippen molar-refractivity contribution < 1.29 is 24.1 Å². The summed E-state index contributed by atoms with van der Waals surface area (Å²) in [6.45, 7) is 4.03. The molecule has 2 aliphatic heterocycles. The summed E-state index contributed by atoms with van der Waals surface area (Å²) in [4.78, 5) is 0. The molecule has 2 fully saturated rings. The number of aliphatic hydroxyl groups is 1. The van der Waals surface area contributed by atoms with E-state index in [0.717, 1.165) is 0 Å². The van der Waals surface area contributed by atoms with E-state index < -0.39 is 18.2 Å². The molecule has 14 heavy (non-hydrogen) atoms. The maximum Gasteiger partial charge on any atom is 0.185 e. The van der Waals surface area contributed by atoms with Crippen molar-refractivity contribution in [1.29, 1.82) is 0 Å². The van der Waals surface area contributed by atoms with Crippen molar-refractivity contribution in [3.8, 4) is 0 Å². The highest BCUT2D eigenvalue weighted by atomic mass is 16.8. The molecule has 1 N–H and O–H groups in total. The van der Waals surface area contributed by atoms with Crippen molar-refractivity contribution >= 4 is 0 Å². The lowest BCUT2D eigenvalue weighted by molar-refractivity contribution is -0.241. The number of rotatable bonds is 1. The molecule has 82 valence electrons. The molecule has 2 rings (SSSR count). The van der Waals surface area contributed by atoms with E-state index in [0.29, 0.717) is 6.61 Å². The molecule has 2 aliphatic rings. The van der Waals surface area contributed by atoms with E-state index >= 15 is 0 Å². The third kappa shape index (κ3) is 1.66. The Morgan fingerprint density at radius 1 is 1.36 bits per heavy atom. The van der Waals surface area contributed by atoms with Crippen molar-refractivity contribution in [2.24, 2.45) is 0 Å². The molecule has 0 aliphatic carbocycles. The van der Waals surface area contributed by atoms with Crippen LogP contribution in [-0.4, -0.2) is 49.2 Å². The second-order valence-electron chi connectivity index (χ2n) is 4.07. The first-order chi connectivity index (χ1) is 6.53. The topological polar surface area (TPSA) is 57.2 Å². The van der Waals surface area contributed by atoms with Crippen molar-refractivity contribution in [2.75, 3.05) is 13.7 Å². The van der Waals surface area contributed by atoms with E-state index in [1.807, 2.05) is 13.8 Å². The average Bonchev–Trinajstić information content (AvgIpc) is 2.42. The minimum absolute atomic E-state index is 0.202. The third-order valence-electron chi connectivity index (χ3n) is 2.49. The maximum absolute atomic E-state index is 9.82. The number of ether oxygens (including phenoxy) is 4. The van der Waals surface area contributed by atoms with Gasteiger partial charge in [-0.2, -0.15) is 0 Å². The van der Waals surface area contributed by atoms with E-state index in [1.165, 1.54) is 7.11 Å². The van der Waals surface area contributed by atoms with Gasteiger partial charge in [-0.3, -0.25) is 0 Å². The summed E-state index contributed by atoms with van der Waals surface area (Å²) in [6.07, 6.45) is -1.97. The number of aliphatic hydroxyl groups excluding tert-OH is 1. The Morgan fingerprint density at radius 3 is 2.71 bits per heavy atom. The molecule has 0 saturated carbocycles. The van der Waals surface area contributed by atoms with Gasteiger partial charge < -0.3 is 24.1 Å². The first-order valence-corrected chi connectivity index (χ1v) is 4.71. The lowest BCUT2D eigenvalue weighted by atomic mass is 10.1. The summed E-state index contributed by atoms with van der Waals surface area (Å²) >= 11 is 0. The van der Waals surface area contributed by atoms with Crippen LogP contribution in [-0.2, 0) is 18.9 Å². The van der Waals surface area contributed by atoms with Gasteiger partial charge in [0.2, 0.25) is 0 Å². The van der Waals surface area contributed by atoms with Gasteiger partial charge in [0.1, 0.15) is 18.3 Å².